The lowest BCUT2D eigenvalue weighted by Gasteiger charge is -2.13. The molecule has 0 amide bonds. The minimum absolute atomic E-state index is 0.122. The Hall–Kier alpha value is -1.85. The largest absolute Gasteiger partial charge is 0.360 e. The number of benzene rings is 1. The summed E-state index contributed by atoms with van der Waals surface area (Å²) in [6.45, 7) is 1.68. The highest BCUT2D eigenvalue weighted by Gasteiger charge is 2.21. The number of fused-ring (bicyclic) bond motifs is 2. The molecule has 4 nitrogen and oxygen atoms in total. The molecule has 2 aromatic heterocycles. The zero-order valence-corrected chi connectivity index (χ0v) is 11.3. The van der Waals surface area contributed by atoms with Gasteiger partial charge in [0.25, 0.3) is 0 Å². The number of hydrogen-bond donors (Lipinski definition) is 3. The fraction of sp³-hybridized carbons (Fsp3) is 0.214. The first kappa shape index (κ1) is 11.9. The van der Waals surface area contributed by atoms with Gasteiger partial charge >= 0.3 is 0 Å². The fourth-order valence-electron chi connectivity index (χ4n) is 2.81. The molecule has 3 heterocycles. The van der Waals surface area contributed by atoms with Crippen molar-refractivity contribution in [2.45, 2.75) is 13.0 Å². The molecular formula is C14H12ClFN4. The zero-order valence-electron chi connectivity index (χ0n) is 10.6. The molecule has 0 saturated heterocycles. The Morgan fingerprint density at radius 3 is 3.15 bits per heavy atom. The highest BCUT2D eigenvalue weighted by Crippen LogP contribution is 2.36. The Balaban J connectivity index is 2.01. The second-order valence-corrected chi connectivity index (χ2v) is 5.32. The van der Waals surface area contributed by atoms with Gasteiger partial charge in [-0.1, -0.05) is 11.6 Å². The summed E-state index contributed by atoms with van der Waals surface area (Å²) in [7, 11) is 0. The van der Waals surface area contributed by atoms with Crippen molar-refractivity contribution in [2.24, 2.45) is 0 Å². The Morgan fingerprint density at radius 1 is 1.35 bits per heavy atom. The number of nitrogens with zero attached hydrogens (tertiary/aromatic N) is 1. The quantitative estimate of drug-likeness (QED) is 0.645. The van der Waals surface area contributed by atoms with Gasteiger partial charge in [0.1, 0.15) is 10.8 Å². The molecular weight excluding hydrogens is 279 g/mol. The second kappa shape index (κ2) is 4.33. The van der Waals surface area contributed by atoms with Gasteiger partial charge in [-0.3, -0.25) is 5.10 Å². The third kappa shape index (κ3) is 1.60. The molecule has 3 aromatic rings. The van der Waals surface area contributed by atoms with E-state index < -0.39 is 5.82 Å². The van der Waals surface area contributed by atoms with E-state index in [1.165, 1.54) is 6.07 Å². The van der Waals surface area contributed by atoms with E-state index in [-0.39, 0.29) is 5.02 Å². The van der Waals surface area contributed by atoms with E-state index in [4.69, 9.17) is 11.6 Å². The summed E-state index contributed by atoms with van der Waals surface area (Å²) >= 11 is 6.00. The summed E-state index contributed by atoms with van der Waals surface area (Å²) in [5.41, 5.74) is 4.41. The van der Waals surface area contributed by atoms with Crippen molar-refractivity contribution in [3.63, 3.8) is 0 Å². The highest BCUT2D eigenvalue weighted by atomic mass is 35.5. The SMILES string of the molecule is Fc1cc(-c2n[nH]c3c2CNCC3)c2cc[nH]c2c1Cl. The molecule has 4 rings (SSSR count). The smallest absolute Gasteiger partial charge is 0.144 e. The Bertz CT molecular complexity index is 805. The summed E-state index contributed by atoms with van der Waals surface area (Å²) in [5.74, 6) is -0.433. The van der Waals surface area contributed by atoms with Crippen molar-refractivity contribution in [1.29, 1.82) is 0 Å². The molecule has 0 aliphatic carbocycles. The van der Waals surface area contributed by atoms with Crippen molar-refractivity contribution in [1.82, 2.24) is 20.5 Å². The first-order valence-electron chi connectivity index (χ1n) is 6.48. The molecule has 0 unspecified atom stereocenters. The molecule has 0 bridgehead atoms. The number of aromatic nitrogens is 3. The van der Waals surface area contributed by atoms with E-state index >= 15 is 0 Å². The molecule has 6 heteroatoms. The van der Waals surface area contributed by atoms with E-state index in [0.29, 0.717) is 5.52 Å². The van der Waals surface area contributed by atoms with Gasteiger partial charge in [0.05, 0.1) is 11.2 Å². The molecule has 0 atom stereocenters. The number of hydrogen-bond acceptors (Lipinski definition) is 2. The number of aromatic amines is 2. The van der Waals surface area contributed by atoms with Gasteiger partial charge in [-0.2, -0.15) is 5.10 Å². The Morgan fingerprint density at radius 2 is 2.25 bits per heavy atom. The van der Waals surface area contributed by atoms with Gasteiger partial charge in [-0.15, -0.1) is 0 Å². The second-order valence-electron chi connectivity index (χ2n) is 4.94. The molecule has 0 radical (unpaired) electrons. The summed E-state index contributed by atoms with van der Waals surface area (Å²) in [6, 6.07) is 3.36. The average molecular weight is 291 g/mol. The van der Waals surface area contributed by atoms with E-state index in [0.717, 1.165) is 47.4 Å². The molecule has 0 fully saturated rings. The lowest BCUT2D eigenvalue weighted by molar-refractivity contribution is 0.629. The van der Waals surface area contributed by atoms with Gasteiger partial charge in [0, 0.05) is 47.9 Å². The van der Waals surface area contributed by atoms with Crippen LogP contribution in [0.4, 0.5) is 4.39 Å². The lowest BCUT2D eigenvalue weighted by atomic mass is 9.99. The summed E-state index contributed by atoms with van der Waals surface area (Å²) < 4.78 is 14.0. The van der Waals surface area contributed by atoms with Crippen LogP contribution in [0.5, 0.6) is 0 Å². The van der Waals surface area contributed by atoms with Crippen LogP contribution in [0, 0.1) is 5.82 Å². The van der Waals surface area contributed by atoms with E-state index in [1.807, 2.05) is 6.07 Å². The van der Waals surface area contributed by atoms with Crippen LogP contribution in [-0.4, -0.2) is 21.7 Å². The van der Waals surface area contributed by atoms with Crippen molar-refractivity contribution < 1.29 is 4.39 Å². The van der Waals surface area contributed by atoms with Crippen LogP contribution in [0.1, 0.15) is 11.3 Å². The van der Waals surface area contributed by atoms with Gasteiger partial charge in [-0.25, -0.2) is 4.39 Å². The minimum Gasteiger partial charge on any atom is -0.360 e. The Labute approximate surface area is 119 Å². The maximum atomic E-state index is 14.0. The average Bonchev–Trinajstić information content (AvgIpc) is 3.10. The Kier molecular flexibility index (Phi) is 2.58. The number of nitrogens with one attached hydrogen (secondary N) is 3. The first-order valence-corrected chi connectivity index (χ1v) is 6.86. The van der Waals surface area contributed by atoms with Gasteiger partial charge < -0.3 is 10.3 Å². The molecule has 102 valence electrons. The van der Waals surface area contributed by atoms with Crippen LogP contribution < -0.4 is 5.32 Å². The predicted octanol–water partition coefficient (Wildman–Crippen LogP) is 3.00. The minimum atomic E-state index is -0.433. The van der Waals surface area contributed by atoms with Crippen LogP contribution in [0.15, 0.2) is 18.3 Å². The molecule has 1 aliphatic rings. The van der Waals surface area contributed by atoms with Crippen LogP contribution in [0.3, 0.4) is 0 Å². The van der Waals surface area contributed by atoms with Crippen molar-refractivity contribution >= 4 is 22.5 Å². The standard InChI is InChI=1S/C14H12ClFN4/c15-12-10(16)5-8(7-1-4-18-14(7)12)13-9-6-17-3-2-11(9)19-20-13/h1,4-5,17-18H,2-3,6H2,(H,19,20). The van der Waals surface area contributed by atoms with Gasteiger partial charge in [-0.05, 0) is 12.1 Å². The van der Waals surface area contributed by atoms with Crippen LogP contribution in [0.25, 0.3) is 22.2 Å². The molecule has 20 heavy (non-hydrogen) atoms. The maximum Gasteiger partial charge on any atom is 0.144 e. The van der Waals surface area contributed by atoms with Crippen LogP contribution in [-0.2, 0) is 13.0 Å². The summed E-state index contributed by atoms with van der Waals surface area (Å²) in [5, 5.41) is 11.8. The molecule has 0 spiro atoms. The third-order valence-electron chi connectivity index (χ3n) is 3.80. The predicted molar refractivity (Wildman–Crippen MR) is 76.3 cm³/mol. The topological polar surface area (TPSA) is 56.5 Å². The van der Waals surface area contributed by atoms with E-state index in [2.05, 4.69) is 20.5 Å². The van der Waals surface area contributed by atoms with Gasteiger partial charge in [0.2, 0.25) is 0 Å². The summed E-state index contributed by atoms with van der Waals surface area (Å²) in [6.07, 6.45) is 2.67. The van der Waals surface area contributed by atoms with E-state index in [9.17, 15) is 4.39 Å². The zero-order chi connectivity index (χ0) is 13.7. The monoisotopic (exact) mass is 290 g/mol. The maximum absolute atomic E-state index is 14.0. The third-order valence-corrected chi connectivity index (χ3v) is 4.17. The van der Waals surface area contributed by atoms with Crippen molar-refractivity contribution in [2.75, 3.05) is 6.54 Å². The highest BCUT2D eigenvalue weighted by molar-refractivity contribution is 6.35. The van der Waals surface area contributed by atoms with Crippen LogP contribution in [0.2, 0.25) is 5.02 Å². The number of H-pyrrole nitrogens is 2. The number of rotatable bonds is 1. The van der Waals surface area contributed by atoms with E-state index in [1.54, 1.807) is 6.20 Å². The summed E-state index contributed by atoms with van der Waals surface area (Å²) in [4.78, 5) is 2.99. The molecule has 3 N–H and O–H groups in total. The molecule has 1 aliphatic heterocycles. The fourth-order valence-corrected chi connectivity index (χ4v) is 3.02. The van der Waals surface area contributed by atoms with Crippen molar-refractivity contribution in [3.05, 3.63) is 40.4 Å². The van der Waals surface area contributed by atoms with Gasteiger partial charge in [0.15, 0.2) is 0 Å². The lowest BCUT2D eigenvalue weighted by Crippen LogP contribution is -2.23. The first-order chi connectivity index (χ1) is 9.75. The van der Waals surface area contributed by atoms with Crippen LogP contribution >= 0.6 is 11.6 Å². The number of halogens is 2. The van der Waals surface area contributed by atoms with Crippen molar-refractivity contribution in [3.8, 4) is 11.3 Å². The molecule has 1 aromatic carbocycles. The molecule has 0 saturated carbocycles. The normalized spacial score (nSPS) is 14.7.